The lowest BCUT2D eigenvalue weighted by Gasteiger charge is -2.14. The van der Waals surface area contributed by atoms with Gasteiger partial charge >= 0.3 is 0 Å². The number of rotatable bonds is 5. The van der Waals surface area contributed by atoms with Crippen LogP contribution in [0, 0.1) is 6.92 Å². The minimum atomic E-state index is 0.222. The highest BCUT2D eigenvalue weighted by molar-refractivity contribution is 6.33. The molecule has 0 saturated heterocycles. The van der Waals surface area contributed by atoms with E-state index < -0.39 is 0 Å². The van der Waals surface area contributed by atoms with E-state index in [1.807, 2.05) is 57.2 Å². The van der Waals surface area contributed by atoms with Crippen LogP contribution < -0.4 is 10.6 Å². The molecular weight excluding hydrogens is 334 g/mol. The number of aromatic nitrogens is 3. The first-order chi connectivity index (χ1) is 12.0. The molecule has 6 heteroatoms. The first-order valence-electron chi connectivity index (χ1n) is 8.10. The smallest absolute Gasteiger partial charge is 0.225 e. The average Bonchev–Trinajstić information content (AvgIpc) is 2.57. The standard InChI is InChI=1S/C19H20ClN5/c1-12(2)22-19-24-17(14-5-4-8-21-11-14)10-18(25-19)23-16-7-6-13(3)9-15(16)20/h4-12H,1-3H3,(H2,22,23,24,25). The molecule has 0 atom stereocenters. The number of anilines is 3. The van der Waals surface area contributed by atoms with Gasteiger partial charge in [-0.05, 0) is 50.6 Å². The van der Waals surface area contributed by atoms with Gasteiger partial charge in [0.05, 0.1) is 16.4 Å². The van der Waals surface area contributed by atoms with Gasteiger partial charge in [0.15, 0.2) is 0 Å². The van der Waals surface area contributed by atoms with Crippen LogP contribution in [0.3, 0.4) is 0 Å². The number of hydrogen-bond donors (Lipinski definition) is 2. The summed E-state index contributed by atoms with van der Waals surface area (Å²) in [5.74, 6) is 1.23. The zero-order valence-corrected chi connectivity index (χ0v) is 15.2. The summed E-state index contributed by atoms with van der Waals surface area (Å²) in [7, 11) is 0. The maximum absolute atomic E-state index is 6.33. The van der Waals surface area contributed by atoms with Gasteiger partial charge in [-0.2, -0.15) is 4.98 Å². The number of benzene rings is 1. The van der Waals surface area contributed by atoms with Crippen molar-refractivity contribution in [3.63, 3.8) is 0 Å². The molecule has 0 spiro atoms. The van der Waals surface area contributed by atoms with Gasteiger partial charge in [0.2, 0.25) is 5.95 Å². The maximum Gasteiger partial charge on any atom is 0.225 e. The molecule has 1 aromatic carbocycles. The van der Waals surface area contributed by atoms with Crippen LogP contribution in [0.15, 0.2) is 48.8 Å². The first kappa shape index (κ1) is 17.2. The number of halogens is 1. The van der Waals surface area contributed by atoms with Gasteiger partial charge < -0.3 is 10.6 Å². The van der Waals surface area contributed by atoms with Crippen LogP contribution >= 0.6 is 11.6 Å². The van der Waals surface area contributed by atoms with Gasteiger partial charge in [-0.15, -0.1) is 0 Å². The molecule has 3 aromatic rings. The third-order valence-electron chi connectivity index (χ3n) is 3.49. The summed E-state index contributed by atoms with van der Waals surface area (Å²) in [6, 6.07) is 11.8. The molecule has 5 nitrogen and oxygen atoms in total. The van der Waals surface area contributed by atoms with Crippen molar-refractivity contribution in [2.24, 2.45) is 0 Å². The first-order valence-corrected chi connectivity index (χ1v) is 8.48. The van der Waals surface area contributed by atoms with Crippen LogP contribution in [0.1, 0.15) is 19.4 Å². The molecule has 2 aromatic heterocycles. The molecular formula is C19H20ClN5. The molecule has 25 heavy (non-hydrogen) atoms. The van der Waals surface area contributed by atoms with E-state index in [1.165, 1.54) is 0 Å². The SMILES string of the molecule is Cc1ccc(Nc2cc(-c3cccnc3)nc(NC(C)C)n2)c(Cl)c1. The Bertz CT molecular complexity index is 865. The number of nitrogens with zero attached hydrogens (tertiary/aromatic N) is 3. The van der Waals surface area contributed by atoms with Crippen LogP contribution in [0.5, 0.6) is 0 Å². The van der Waals surface area contributed by atoms with Gasteiger partial charge in [-0.1, -0.05) is 17.7 Å². The summed E-state index contributed by atoms with van der Waals surface area (Å²) in [6.45, 7) is 6.10. The van der Waals surface area contributed by atoms with Crippen LogP contribution in [0.2, 0.25) is 5.02 Å². The van der Waals surface area contributed by atoms with Crippen molar-refractivity contribution >= 4 is 29.1 Å². The summed E-state index contributed by atoms with van der Waals surface area (Å²) in [6.07, 6.45) is 3.52. The fourth-order valence-corrected chi connectivity index (χ4v) is 2.64. The van der Waals surface area contributed by atoms with Crippen molar-refractivity contribution in [1.82, 2.24) is 15.0 Å². The Labute approximate surface area is 152 Å². The second-order valence-electron chi connectivity index (χ2n) is 6.11. The predicted molar refractivity (Wildman–Crippen MR) is 103 cm³/mol. The molecule has 2 heterocycles. The van der Waals surface area contributed by atoms with Crippen molar-refractivity contribution in [3.8, 4) is 11.3 Å². The quantitative estimate of drug-likeness (QED) is 0.671. The van der Waals surface area contributed by atoms with Crippen LogP contribution in [-0.4, -0.2) is 21.0 Å². The molecule has 0 unspecified atom stereocenters. The Hall–Kier alpha value is -2.66. The molecule has 2 N–H and O–H groups in total. The van der Waals surface area contributed by atoms with Gasteiger partial charge in [0.25, 0.3) is 0 Å². The molecule has 0 saturated carbocycles. The average molecular weight is 354 g/mol. The molecule has 0 fully saturated rings. The van der Waals surface area contributed by atoms with E-state index in [0.29, 0.717) is 16.8 Å². The highest BCUT2D eigenvalue weighted by Gasteiger charge is 2.09. The van der Waals surface area contributed by atoms with Crippen molar-refractivity contribution in [3.05, 3.63) is 59.4 Å². The lowest BCUT2D eigenvalue weighted by Crippen LogP contribution is -2.13. The van der Waals surface area contributed by atoms with Crippen molar-refractivity contribution < 1.29 is 0 Å². The molecule has 0 amide bonds. The summed E-state index contributed by atoms with van der Waals surface area (Å²) < 4.78 is 0. The van der Waals surface area contributed by atoms with E-state index in [2.05, 4.69) is 25.6 Å². The van der Waals surface area contributed by atoms with Crippen molar-refractivity contribution in [2.75, 3.05) is 10.6 Å². The zero-order valence-electron chi connectivity index (χ0n) is 14.4. The van der Waals surface area contributed by atoms with Gasteiger partial charge in [-0.3, -0.25) is 4.98 Å². The summed E-state index contributed by atoms with van der Waals surface area (Å²) in [4.78, 5) is 13.3. The predicted octanol–water partition coefficient (Wildman–Crippen LogP) is 5.06. The normalized spacial score (nSPS) is 10.8. The minimum Gasteiger partial charge on any atom is -0.352 e. The molecule has 128 valence electrons. The third-order valence-corrected chi connectivity index (χ3v) is 3.80. The van der Waals surface area contributed by atoms with Gasteiger partial charge in [0, 0.05) is 30.1 Å². The van der Waals surface area contributed by atoms with Crippen LogP contribution in [0.4, 0.5) is 17.5 Å². The second kappa shape index (κ2) is 7.49. The molecule has 0 radical (unpaired) electrons. The van der Waals surface area contributed by atoms with E-state index in [1.54, 1.807) is 12.4 Å². The number of pyridine rings is 1. The molecule has 0 aliphatic carbocycles. The summed E-state index contributed by atoms with van der Waals surface area (Å²) >= 11 is 6.33. The molecule has 0 aliphatic rings. The van der Waals surface area contributed by atoms with Crippen molar-refractivity contribution in [2.45, 2.75) is 26.8 Å². The Morgan fingerprint density at radius 3 is 2.60 bits per heavy atom. The van der Waals surface area contributed by atoms with Crippen LogP contribution in [-0.2, 0) is 0 Å². The number of hydrogen-bond acceptors (Lipinski definition) is 5. The van der Waals surface area contributed by atoms with E-state index in [4.69, 9.17) is 11.6 Å². The monoisotopic (exact) mass is 353 g/mol. The molecule has 0 bridgehead atoms. The van der Waals surface area contributed by atoms with E-state index in [-0.39, 0.29) is 6.04 Å². The summed E-state index contributed by atoms with van der Waals surface area (Å²) in [5.41, 5.74) is 3.63. The molecule has 3 rings (SSSR count). The Morgan fingerprint density at radius 1 is 1.08 bits per heavy atom. The fourth-order valence-electron chi connectivity index (χ4n) is 2.36. The van der Waals surface area contributed by atoms with Gasteiger partial charge in [-0.25, -0.2) is 4.98 Å². The lowest BCUT2D eigenvalue weighted by atomic mass is 10.2. The third kappa shape index (κ3) is 4.45. The lowest BCUT2D eigenvalue weighted by molar-refractivity contribution is 0.876. The Kier molecular flexibility index (Phi) is 5.14. The topological polar surface area (TPSA) is 62.7 Å². The fraction of sp³-hybridized carbons (Fsp3) is 0.211. The number of nitrogens with one attached hydrogen (secondary N) is 2. The Morgan fingerprint density at radius 2 is 1.92 bits per heavy atom. The van der Waals surface area contributed by atoms with Crippen molar-refractivity contribution in [1.29, 1.82) is 0 Å². The van der Waals surface area contributed by atoms with Gasteiger partial charge in [0.1, 0.15) is 5.82 Å². The molecule has 0 aliphatic heterocycles. The maximum atomic E-state index is 6.33. The van der Waals surface area contributed by atoms with E-state index >= 15 is 0 Å². The largest absolute Gasteiger partial charge is 0.352 e. The zero-order chi connectivity index (χ0) is 17.8. The highest BCUT2D eigenvalue weighted by atomic mass is 35.5. The highest BCUT2D eigenvalue weighted by Crippen LogP contribution is 2.28. The number of aryl methyl sites for hydroxylation is 1. The minimum absolute atomic E-state index is 0.222. The second-order valence-corrected chi connectivity index (χ2v) is 6.52. The summed E-state index contributed by atoms with van der Waals surface area (Å²) in [5, 5.41) is 7.18. The Balaban J connectivity index is 2.00. The van der Waals surface area contributed by atoms with Crippen LogP contribution in [0.25, 0.3) is 11.3 Å². The van der Waals surface area contributed by atoms with E-state index in [9.17, 15) is 0 Å². The van der Waals surface area contributed by atoms with E-state index in [0.717, 1.165) is 22.5 Å².